The Labute approximate surface area is 140 Å². The number of piperidine rings is 1. The Balaban J connectivity index is 1.59. The summed E-state index contributed by atoms with van der Waals surface area (Å²) < 4.78 is 5.59. The Hall–Kier alpha value is -2.14. The molecule has 0 aromatic heterocycles. The number of amides is 1. The highest BCUT2D eigenvalue weighted by Gasteiger charge is 2.62. The largest absolute Gasteiger partial charge is 0.500 e. The molecule has 0 aliphatic carbocycles. The quantitative estimate of drug-likeness (QED) is 0.826. The third kappa shape index (κ3) is 1.63. The lowest BCUT2D eigenvalue weighted by Gasteiger charge is -2.41. The topological polar surface area (TPSA) is 67.4 Å². The lowest BCUT2D eigenvalue weighted by atomic mass is 9.72. The molecule has 4 aliphatic heterocycles. The van der Waals surface area contributed by atoms with Crippen LogP contribution in [0.5, 0.6) is 0 Å². The van der Waals surface area contributed by atoms with Gasteiger partial charge in [-0.05, 0) is 37.3 Å². The number of para-hydroxylation sites is 1. The van der Waals surface area contributed by atoms with Crippen LogP contribution in [-0.2, 0) is 19.7 Å². The molecule has 1 aromatic rings. The van der Waals surface area contributed by atoms with E-state index in [2.05, 4.69) is 16.7 Å². The summed E-state index contributed by atoms with van der Waals surface area (Å²) in [4.78, 5) is 25.0. The van der Waals surface area contributed by atoms with Crippen molar-refractivity contribution in [3.05, 3.63) is 41.7 Å². The second kappa shape index (κ2) is 4.70. The van der Waals surface area contributed by atoms with E-state index in [0.717, 1.165) is 29.7 Å². The van der Waals surface area contributed by atoms with Gasteiger partial charge in [0.05, 0.1) is 18.3 Å². The molecule has 2 N–H and O–H groups in total. The number of hydrogen-bond donors (Lipinski definition) is 2. The number of ether oxygens (including phenoxy) is 1. The predicted octanol–water partition coefficient (Wildman–Crippen LogP) is 1.75. The zero-order valence-corrected chi connectivity index (χ0v) is 13.5. The Bertz CT molecular complexity index is 787. The first-order chi connectivity index (χ1) is 11.6. The lowest BCUT2D eigenvalue weighted by molar-refractivity contribution is -0.121. The van der Waals surface area contributed by atoms with E-state index in [1.165, 1.54) is 0 Å². The van der Waals surface area contributed by atoms with Gasteiger partial charge in [0.2, 0.25) is 5.91 Å². The van der Waals surface area contributed by atoms with Gasteiger partial charge in [-0.15, -0.1) is 0 Å². The van der Waals surface area contributed by atoms with Gasteiger partial charge in [-0.3, -0.25) is 9.59 Å². The average molecular weight is 324 g/mol. The average Bonchev–Trinajstić information content (AvgIpc) is 3.04. The van der Waals surface area contributed by atoms with Crippen LogP contribution in [-0.4, -0.2) is 30.4 Å². The molecule has 5 rings (SSSR count). The maximum absolute atomic E-state index is 13.0. The van der Waals surface area contributed by atoms with Crippen molar-refractivity contribution in [2.45, 2.75) is 37.3 Å². The van der Waals surface area contributed by atoms with Crippen molar-refractivity contribution < 1.29 is 14.3 Å². The fraction of sp³-hybridized carbons (Fsp3) is 0.474. The molecular formula is C19H20N2O3. The van der Waals surface area contributed by atoms with Crippen molar-refractivity contribution in [3.8, 4) is 0 Å². The minimum Gasteiger partial charge on any atom is -0.500 e. The Morgan fingerprint density at radius 3 is 3.00 bits per heavy atom. The van der Waals surface area contributed by atoms with E-state index in [4.69, 9.17) is 4.74 Å². The normalized spacial score (nSPS) is 38.9. The number of rotatable bonds is 1. The number of allylic oxidation sites excluding steroid dienone is 1. The van der Waals surface area contributed by atoms with Crippen LogP contribution in [0.25, 0.3) is 0 Å². The van der Waals surface area contributed by atoms with Crippen LogP contribution < -0.4 is 10.6 Å². The summed E-state index contributed by atoms with van der Waals surface area (Å²) in [5.74, 6) is 0.616. The summed E-state index contributed by atoms with van der Waals surface area (Å²) in [5.41, 5.74) is 2.30. The molecule has 24 heavy (non-hydrogen) atoms. The molecule has 1 aromatic carbocycles. The molecule has 0 unspecified atom stereocenters. The molecule has 4 aliphatic rings. The zero-order valence-electron chi connectivity index (χ0n) is 13.5. The van der Waals surface area contributed by atoms with Crippen LogP contribution in [0.15, 0.2) is 36.1 Å². The van der Waals surface area contributed by atoms with Crippen molar-refractivity contribution in [1.29, 1.82) is 0 Å². The molecular weight excluding hydrogens is 304 g/mol. The molecule has 4 heterocycles. The van der Waals surface area contributed by atoms with Gasteiger partial charge in [-0.25, -0.2) is 0 Å². The third-order valence-electron chi connectivity index (χ3n) is 6.44. The summed E-state index contributed by atoms with van der Waals surface area (Å²) in [5, 5.41) is 6.74. The molecule has 5 heteroatoms. The molecule has 0 radical (unpaired) electrons. The summed E-state index contributed by atoms with van der Waals surface area (Å²) in [6.45, 7) is 2.22. The van der Waals surface area contributed by atoms with Crippen LogP contribution in [0.3, 0.4) is 0 Å². The highest BCUT2D eigenvalue weighted by molar-refractivity contribution is 6.07. The van der Waals surface area contributed by atoms with E-state index in [0.29, 0.717) is 6.61 Å². The van der Waals surface area contributed by atoms with Gasteiger partial charge in [0, 0.05) is 29.3 Å². The van der Waals surface area contributed by atoms with Crippen LogP contribution in [0.1, 0.15) is 25.3 Å². The van der Waals surface area contributed by atoms with Crippen molar-refractivity contribution >= 4 is 17.4 Å². The summed E-state index contributed by atoms with van der Waals surface area (Å²) in [7, 11) is 0. The summed E-state index contributed by atoms with van der Waals surface area (Å²) in [6.07, 6.45) is 3.22. The van der Waals surface area contributed by atoms with E-state index in [-0.39, 0.29) is 35.6 Å². The molecule has 5 nitrogen and oxygen atoms in total. The minimum absolute atomic E-state index is 0.0632. The Morgan fingerprint density at radius 1 is 1.33 bits per heavy atom. The lowest BCUT2D eigenvalue weighted by Crippen LogP contribution is -2.53. The van der Waals surface area contributed by atoms with Gasteiger partial charge >= 0.3 is 0 Å². The number of Topliss-reactive ketones (excluding diaryl/α,β-unsaturated/α-hetero) is 1. The molecule has 5 atom stereocenters. The number of carbonyl (C=O) groups is 2. The molecule has 1 spiro atoms. The number of fused-ring (bicyclic) bond motifs is 7. The van der Waals surface area contributed by atoms with Gasteiger partial charge in [-0.1, -0.05) is 18.2 Å². The van der Waals surface area contributed by atoms with E-state index < -0.39 is 5.41 Å². The second-order valence-corrected chi connectivity index (χ2v) is 7.47. The predicted molar refractivity (Wildman–Crippen MR) is 88.4 cm³/mol. The maximum Gasteiger partial charge on any atom is 0.236 e. The third-order valence-corrected chi connectivity index (χ3v) is 6.44. The van der Waals surface area contributed by atoms with Gasteiger partial charge < -0.3 is 15.4 Å². The molecule has 2 bridgehead atoms. The number of benzene rings is 1. The molecule has 2 fully saturated rings. The molecule has 2 saturated heterocycles. The first kappa shape index (κ1) is 14.2. The Kier molecular flexibility index (Phi) is 2.78. The van der Waals surface area contributed by atoms with Crippen LogP contribution >= 0.6 is 0 Å². The standard InChI is InChI=1S/C19H20N2O3/c1-10(22)12-8-24-9-13-11(12)6-17-19(7-16(13)20-17)14-4-2-3-5-15(14)21-18(19)23/h2-5,8,11,13,16-17,20H,6-7,9H2,1H3,(H,21,23)/t11-,13+,16-,17-,19+/m0/s1. The SMILES string of the molecule is CC(=O)C1=COC[C@H]2[C@@H]3C[C@]4(C(=O)Nc5ccccc54)[C@H](C[C@@H]12)N3. The van der Waals surface area contributed by atoms with Crippen molar-refractivity contribution in [2.24, 2.45) is 11.8 Å². The van der Waals surface area contributed by atoms with E-state index in [9.17, 15) is 9.59 Å². The first-order valence-corrected chi connectivity index (χ1v) is 8.61. The van der Waals surface area contributed by atoms with Crippen molar-refractivity contribution in [1.82, 2.24) is 5.32 Å². The number of ketones is 1. The monoisotopic (exact) mass is 324 g/mol. The summed E-state index contributed by atoms with van der Waals surface area (Å²) in [6, 6.07) is 8.26. The molecule has 0 saturated carbocycles. The second-order valence-electron chi connectivity index (χ2n) is 7.47. The van der Waals surface area contributed by atoms with Crippen LogP contribution in [0, 0.1) is 11.8 Å². The Morgan fingerprint density at radius 2 is 2.17 bits per heavy atom. The smallest absolute Gasteiger partial charge is 0.236 e. The van der Waals surface area contributed by atoms with E-state index >= 15 is 0 Å². The van der Waals surface area contributed by atoms with Crippen LogP contribution in [0.4, 0.5) is 5.69 Å². The van der Waals surface area contributed by atoms with Crippen molar-refractivity contribution in [3.63, 3.8) is 0 Å². The van der Waals surface area contributed by atoms with E-state index in [1.807, 2.05) is 18.2 Å². The summed E-state index contributed by atoms with van der Waals surface area (Å²) >= 11 is 0. The maximum atomic E-state index is 13.0. The zero-order chi connectivity index (χ0) is 16.5. The van der Waals surface area contributed by atoms with Crippen LogP contribution in [0.2, 0.25) is 0 Å². The van der Waals surface area contributed by atoms with E-state index in [1.54, 1.807) is 13.2 Å². The number of carbonyl (C=O) groups excluding carboxylic acids is 2. The molecule has 1 amide bonds. The van der Waals surface area contributed by atoms with Crippen molar-refractivity contribution in [2.75, 3.05) is 11.9 Å². The minimum atomic E-state index is -0.513. The highest BCUT2D eigenvalue weighted by atomic mass is 16.5. The fourth-order valence-corrected chi connectivity index (χ4v) is 5.36. The van der Waals surface area contributed by atoms with Gasteiger partial charge in [0.15, 0.2) is 5.78 Å². The highest BCUT2D eigenvalue weighted by Crippen LogP contribution is 2.54. The first-order valence-electron chi connectivity index (χ1n) is 8.61. The number of hydrogen-bond acceptors (Lipinski definition) is 4. The van der Waals surface area contributed by atoms with Gasteiger partial charge in [0.25, 0.3) is 0 Å². The number of anilines is 1. The van der Waals surface area contributed by atoms with Gasteiger partial charge in [-0.2, -0.15) is 0 Å². The fourth-order valence-electron chi connectivity index (χ4n) is 5.36. The van der Waals surface area contributed by atoms with Gasteiger partial charge in [0.1, 0.15) is 0 Å². The number of nitrogens with one attached hydrogen (secondary N) is 2. The molecule has 124 valence electrons.